The van der Waals surface area contributed by atoms with Crippen LogP contribution in [0.5, 0.6) is 0 Å². The molecule has 0 spiro atoms. The standard InChI is InChI=1S/C5H12N4.2ClH/c1-5(2,3(6)7)4(8)9;;/h1-2H3,(H3,6,7)(H3,8,9);2*1H. The molecule has 0 radical (unpaired) electrons. The number of nitrogens with two attached hydrogens (primary N) is 2. The molecule has 0 aromatic rings. The average Bonchev–Trinajstić information content (AvgIpc) is 1.65. The van der Waals surface area contributed by atoms with E-state index in [2.05, 4.69) is 0 Å². The Morgan fingerprint density at radius 1 is 1.00 bits per heavy atom. The van der Waals surface area contributed by atoms with Crippen molar-refractivity contribution in [3.63, 3.8) is 0 Å². The zero-order valence-electron chi connectivity index (χ0n) is 6.47. The monoisotopic (exact) mass is 200 g/mol. The predicted molar refractivity (Wildman–Crippen MR) is 52.1 cm³/mol. The molecule has 0 aromatic carbocycles. The van der Waals surface area contributed by atoms with Crippen LogP contribution in [0.2, 0.25) is 0 Å². The van der Waals surface area contributed by atoms with Gasteiger partial charge in [-0.1, -0.05) is 0 Å². The van der Waals surface area contributed by atoms with Gasteiger partial charge in [0.2, 0.25) is 0 Å². The first-order valence-corrected chi connectivity index (χ1v) is 2.58. The topological polar surface area (TPSA) is 99.7 Å². The highest BCUT2D eigenvalue weighted by Gasteiger charge is 2.24. The highest BCUT2D eigenvalue weighted by molar-refractivity contribution is 6.05. The molecule has 0 aliphatic carbocycles. The minimum absolute atomic E-state index is 0. The molecule has 0 amide bonds. The van der Waals surface area contributed by atoms with Gasteiger partial charge in [-0.25, -0.2) is 0 Å². The van der Waals surface area contributed by atoms with Gasteiger partial charge in [-0.3, -0.25) is 10.8 Å². The van der Waals surface area contributed by atoms with E-state index in [1.807, 2.05) is 0 Å². The Bertz CT molecular complexity index is 139. The summed E-state index contributed by atoms with van der Waals surface area (Å²) in [6, 6.07) is 0. The van der Waals surface area contributed by atoms with Gasteiger partial charge in [0.15, 0.2) is 0 Å². The third-order valence-corrected chi connectivity index (χ3v) is 1.35. The SMILES string of the molecule is CC(C)(C(=N)N)C(=N)N.Cl.Cl. The summed E-state index contributed by atoms with van der Waals surface area (Å²) in [6.45, 7) is 3.27. The van der Waals surface area contributed by atoms with E-state index < -0.39 is 5.41 Å². The minimum Gasteiger partial charge on any atom is -0.387 e. The molecule has 0 fully saturated rings. The molecule has 0 unspecified atom stereocenters. The van der Waals surface area contributed by atoms with Crippen molar-refractivity contribution in [3.8, 4) is 0 Å². The van der Waals surface area contributed by atoms with Gasteiger partial charge in [-0.15, -0.1) is 24.8 Å². The van der Waals surface area contributed by atoms with E-state index in [4.69, 9.17) is 22.3 Å². The molecular weight excluding hydrogens is 187 g/mol. The summed E-state index contributed by atoms with van der Waals surface area (Å²) in [5, 5.41) is 14.0. The summed E-state index contributed by atoms with van der Waals surface area (Å²) in [5.41, 5.74) is 9.49. The van der Waals surface area contributed by atoms with Crippen molar-refractivity contribution < 1.29 is 0 Å². The van der Waals surface area contributed by atoms with Crippen LogP contribution in [-0.4, -0.2) is 11.7 Å². The zero-order chi connectivity index (χ0) is 7.65. The number of hydrogen-bond donors (Lipinski definition) is 4. The lowest BCUT2D eigenvalue weighted by Crippen LogP contribution is -2.42. The Hall–Kier alpha value is -0.480. The summed E-state index contributed by atoms with van der Waals surface area (Å²) in [5.74, 6) is -0.148. The average molecular weight is 201 g/mol. The largest absolute Gasteiger partial charge is 0.387 e. The van der Waals surface area contributed by atoms with Gasteiger partial charge in [-0.05, 0) is 13.8 Å². The van der Waals surface area contributed by atoms with Crippen molar-refractivity contribution in [2.24, 2.45) is 16.9 Å². The molecule has 0 aliphatic heterocycles. The van der Waals surface area contributed by atoms with E-state index in [1.165, 1.54) is 0 Å². The maximum atomic E-state index is 6.98. The molecule has 0 saturated heterocycles. The number of amidine groups is 2. The van der Waals surface area contributed by atoms with E-state index in [0.29, 0.717) is 0 Å². The Kier molecular flexibility index (Phi) is 7.98. The molecule has 68 valence electrons. The first kappa shape index (κ1) is 16.9. The number of hydrogen-bond acceptors (Lipinski definition) is 2. The van der Waals surface area contributed by atoms with Crippen molar-refractivity contribution in [2.45, 2.75) is 13.8 Å². The Morgan fingerprint density at radius 3 is 1.18 bits per heavy atom. The lowest BCUT2D eigenvalue weighted by atomic mass is 9.91. The lowest BCUT2D eigenvalue weighted by Gasteiger charge is -2.20. The van der Waals surface area contributed by atoms with Crippen LogP contribution in [-0.2, 0) is 0 Å². The zero-order valence-corrected chi connectivity index (χ0v) is 8.10. The molecule has 0 bridgehead atoms. The molecular formula is C5H14Cl2N4. The molecule has 0 rings (SSSR count). The van der Waals surface area contributed by atoms with Crippen LogP contribution >= 0.6 is 24.8 Å². The maximum absolute atomic E-state index is 6.98. The molecule has 0 atom stereocenters. The van der Waals surface area contributed by atoms with Crippen LogP contribution in [0.1, 0.15) is 13.8 Å². The molecule has 4 nitrogen and oxygen atoms in total. The number of halogens is 2. The fourth-order valence-corrected chi connectivity index (χ4v) is 0.145. The Balaban J connectivity index is -0.000000320. The highest BCUT2D eigenvalue weighted by atomic mass is 35.5. The molecule has 0 heterocycles. The number of rotatable bonds is 2. The van der Waals surface area contributed by atoms with Crippen LogP contribution < -0.4 is 11.5 Å². The van der Waals surface area contributed by atoms with E-state index in [1.54, 1.807) is 13.8 Å². The van der Waals surface area contributed by atoms with Gasteiger partial charge in [-0.2, -0.15) is 0 Å². The van der Waals surface area contributed by atoms with Crippen LogP contribution in [0.15, 0.2) is 0 Å². The second-order valence-corrected chi connectivity index (χ2v) is 2.45. The van der Waals surface area contributed by atoms with Crippen molar-refractivity contribution >= 4 is 36.5 Å². The predicted octanol–water partition coefficient (Wildman–Crippen LogP) is 0.728. The summed E-state index contributed by atoms with van der Waals surface area (Å²) in [6.07, 6.45) is 0. The van der Waals surface area contributed by atoms with Crippen molar-refractivity contribution in [1.82, 2.24) is 0 Å². The second kappa shape index (κ2) is 5.21. The van der Waals surface area contributed by atoms with Crippen LogP contribution in [0.25, 0.3) is 0 Å². The van der Waals surface area contributed by atoms with Crippen LogP contribution in [0, 0.1) is 16.2 Å². The molecule has 6 N–H and O–H groups in total. The molecule has 0 aliphatic rings. The first-order chi connectivity index (χ1) is 3.89. The molecule has 6 heteroatoms. The van der Waals surface area contributed by atoms with Crippen LogP contribution in [0.3, 0.4) is 0 Å². The highest BCUT2D eigenvalue weighted by Crippen LogP contribution is 2.12. The fraction of sp³-hybridized carbons (Fsp3) is 0.600. The van der Waals surface area contributed by atoms with Crippen molar-refractivity contribution in [2.75, 3.05) is 0 Å². The van der Waals surface area contributed by atoms with Gasteiger partial charge in [0.05, 0.1) is 5.41 Å². The van der Waals surface area contributed by atoms with Gasteiger partial charge in [0, 0.05) is 0 Å². The molecule has 0 saturated carbocycles. The quantitative estimate of drug-likeness (QED) is 0.391. The molecule has 11 heavy (non-hydrogen) atoms. The van der Waals surface area contributed by atoms with Crippen LogP contribution in [0.4, 0.5) is 0 Å². The Morgan fingerprint density at radius 2 is 1.18 bits per heavy atom. The molecule has 0 aromatic heterocycles. The van der Waals surface area contributed by atoms with Gasteiger partial charge in [0.25, 0.3) is 0 Å². The fourth-order valence-electron chi connectivity index (χ4n) is 0.145. The van der Waals surface area contributed by atoms with Crippen molar-refractivity contribution in [3.05, 3.63) is 0 Å². The second-order valence-electron chi connectivity index (χ2n) is 2.45. The Labute approximate surface area is 78.6 Å². The van der Waals surface area contributed by atoms with E-state index >= 15 is 0 Å². The van der Waals surface area contributed by atoms with Crippen molar-refractivity contribution in [1.29, 1.82) is 10.8 Å². The van der Waals surface area contributed by atoms with Gasteiger partial charge in [0.1, 0.15) is 11.7 Å². The summed E-state index contributed by atoms with van der Waals surface area (Å²) < 4.78 is 0. The van der Waals surface area contributed by atoms with E-state index in [-0.39, 0.29) is 36.5 Å². The summed E-state index contributed by atoms with van der Waals surface area (Å²) in [4.78, 5) is 0. The smallest absolute Gasteiger partial charge is 0.104 e. The number of nitrogens with one attached hydrogen (secondary N) is 2. The minimum atomic E-state index is -0.778. The van der Waals surface area contributed by atoms with E-state index in [9.17, 15) is 0 Å². The third-order valence-electron chi connectivity index (χ3n) is 1.35. The van der Waals surface area contributed by atoms with E-state index in [0.717, 1.165) is 0 Å². The summed E-state index contributed by atoms with van der Waals surface area (Å²) >= 11 is 0. The summed E-state index contributed by atoms with van der Waals surface area (Å²) in [7, 11) is 0. The normalized spacial score (nSPS) is 8.91. The van der Waals surface area contributed by atoms with Gasteiger partial charge < -0.3 is 11.5 Å². The van der Waals surface area contributed by atoms with Gasteiger partial charge >= 0.3 is 0 Å². The third kappa shape index (κ3) is 4.06. The maximum Gasteiger partial charge on any atom is 0.104 e. The first-order valence-electron chi connectivity index (χ1n) is 2.58. The lowest BCUT2D eigenvalue weighted by molar-refractivity contribution is 0.700.